The summed E-state index contributed by atoms with van der Waals surface area (Å²) in [5.74, 6) is -1.13. The fraction of sp³-hybridized carbons (Fsp3) is 0.267. The van der Waals surface area contributed by atoms with Crippen molar-refractivity contribution >= 4 is 46.6 Å². The van der Waals surface area contributed by atoms with Crippen LogP contribution in [0.4, 0.5) is 26.3 Å². The number of carbonyl (C=O) groups is 2. The van der Waals surface area contributed by atoms with Gasteiger partial charge in [-0.15, -0.1) is 12.4 Å². The second-order valence-electron chi connectivity index (χ2n) is 10.2. The van der Waals surface area contributed by atoms with Crippen molar-refractivity contribution in [2.24, 2.45) is 0 Å². The number of nitrogens with one attached hydrogen (secondary N) is 1. The SMILES string of the molecule is Cl.O=C(CN1CCN(C(=O)c2cc(C(F)(F)F)cc(C(F)(F)F)c2)C(Cc2c[nH]c3ccccc23)C1)c1ccc(Cl)cc1. The van der Waals surface area contributed by atoms with E-state index in [0.717, 1.165) is 16.5 Å². The fourth-order valence-electron chi connectivity index (χ4n) is 5.23. The van der Waals surface area contributed by atoms with Crippen molar-refractivity contribution in [3.63, 3.8) is 0 Å². The van der Waals surface area contributed by atoms with Crippen LogP contribution in [0.25, 0.3) is 10.9 Å². The van der Waals surface area contributed by atoms with Crippen molar-refractivity contribution in [3.8, 4) is 0 Å². The molecule has 4 aromatic rings. The van der Waals surface area contributed by atoms with Crippen LogP contribution in [0.3, 0.4) is 0 Å². The molecule has 1 aliphatic heterocycles. The normalized spacial score (nSPS) is 16.3. The largest absolute Gasteiger partial charge is 0.416 e. The van der Waals surface area contributed by atoms with Crippen LogP contribution in [-0.4, -0.2) is 58.7 Å². The maximum absolute atomic E-state index is 13.6. The summed E-state index contributed by atoms with van der Waals surface area (Å²) in [6.07, 6.45) is -8.15. The zero-order valence-corrected chi connectivity index (χ0v) is 23.9. The van der Waals surface area contributed by atoms with E-state index < -0.39 is 41.0 Å². The molecule has 5 nitrogen and oxygen atoms in total. The monoisotopic (exact) mass is 643 g/mol. The Morgan fingerprint density at radius 2 is 1.49 bits per heavy atom. The van der Waals surface area contributed by atoms with Crippen molar-refractivity contribution in [2.45, 2.75) is 24.8 Å². The van der Waals surface area contributed by atoms with Gasteiger partial charge < -0.3 is 9.88 Å². The van der Waals surface area contributed by atoms with Crippen LogP contribution >= 0.6 is 24.0 Å². The standard InChI is InChI=1S/C30H24ClF6N3O2.ClH/c31-23-7-5-18(6-8-23)27(41)17-39-9-10-40(24(16-39)13-20-15-38-26-4-2-1-3-25(20)26)28(42)19-11-21(29(32,33)34)14-22(12-19)30(35,36)37;/h1-8,11-12,14-15,24,38H,9-10,13,16-17H2;1H. The Labute approximate surface area is 253 Å². The third kappa shape index (κ3) is 7.34. The third-order valence-corrected chi connectivity index (χ3v) is 7.58. The average molecular weight is 644 g/mol. The van der Waals surface area contributed by atoms with Crippen LogP contribution in [0.15, 0.2) is 72.9 Å². The highest BCUT2D eigenvalue weighted by atomic mass is 35.5. The summed E-state index contributed by atoms with van der Waals surface area (Å²) in [6.45, 7) is 0.378. The van der Waals surface area contributed by atoms with E-state index in [0.29, 0.717) is 22.7 Å². The first kappa shape index (κ1) is 32.4. The van der Waals surface area contributed by atoms with E-state index in [4.69, 9.17) is 11.6 Å². The summed E-state index contributed by atoms with van der Waals surface area (Å²) < 4.78 is 81.1. The number of benzene rings is 3. The molecule has 1 atom stereocenters. The van der Waals surface area contributed by atoms with Crippen LogP contribution in [-0.2, 0) is 18.8 Å². The smallest absolute Gasteiger partial charge is 0.361 e. The van der Waals surface area contributed by atoms with Gasteiger partial charge in [-0.3, -0.25) is 14.5 Å². The molecule has 2 heterocycles. The number of amides is 1. The van der Waals surface area contributed by atoms with Gasteiger partial charge in [-0.05, 0) is 60.5 Å². The lowest BCUT2D eigenvalue weighted by molar-refractivity contribution is -0.143. The maximum Gasteiger partial charge on any atom is 0.416 e. The second kappa shape index (κ2) is 12.6. The number of aromatic nitrogens is 1. The molecule has 1 saturated heterocycles. The number of hydrogen-bond donors (Lipinski definition) is 1. The van der Waals surface area contributed by atoms with Gasteiger partial charge >= 0.3 is 12.4 Å². The Kier molecular flexibility index (Phi) is 9.48. The zero-order chi connectivity index (χ0) is 30.2. The molecule has 0 bridgehead atoms. The van der Waals surface area contributed by atoms with Crippen LogP contribution in [0.2, 0.25) is 5.02 Å². The highest BCUT2D eigenvalue weighted by molar-refractivity contribution is 6.30. The van der Waals surface area contributed by atoms with E-state index in [1.807, 2.05) is 29.2 Å². The Morgan fingerprint density at radius 1 is 0.860 bits per heavy atom. The molecule has 228 valence electrons. The molecule has 5 rings (SSSR count). The van der Waals surface area contributed by atoms with Crippen molar-refractivity contribution in [1.29, 1.82) is 0 Å². The number of Topliss-reactive ketones (excluding diaryl/α,β-unsaturated/α-hetero) is 1. The number of piperazine rings is 1. The molecule has 0 spiro atoms. The van der Waals surface area contributed by atoms with Crippen molar-refractivity contribution in [3.05, 3.63) is 106 Å². The number of ketones is 1. The molecular weight excluding hydrogens is 619 g/mol. The molecule has 1 aliphatic rings. The molecule has 1 N–H and O–H groups in total. The fourth-order valence-corrected chi connectivity index (χ4v) is 5.36. The number of H-pyrrole nitrogens is 1. The third-order valence-electron chi connectivity index (χ3n) is 7.33. The van der Waals surface area contributed by atoms with Gasteiger partial charge in [0.15, 0.2) is 5.78 Å². The van der Waals surface area contributed by atoms with Gasteiger partial charge in [0.25, 0.3) is 5.91 Å². The van der Waals surface area contributed by atoms with Gasteiger partial charge in [-0.1, -0.05) is 29.8 Å². The van der Waals surface area contributed by atoms with Crippen LogP contribution < -0.4 is 0 Å². The van der Waals surface area contributed by atoms with Crippen LogP contribution in [0, 0.1) is 0 Å². The number of rotatable bonds is 6. The van der Waals surface area contributed by atoms with E-state index in [1.54, 1.807) is 30.5 Å². The molecule has 1 fully saturated rings. The van der Waals surface area contributed by atoms with E-state index >= 15 is 0 Å². The van der Waals surface area contributed by atoms with Gasteiger partial charge in [0.1, 0.15) is 0 Å². The van der Waals surface area contributed by atoms with Gasteiger partial charge in [0.05, 0.1) is 17.7 Å². The zero-order valence-electron chi connectivity index (χ0n) is 22.3. The summed E-state index contributed by atoms with van der Waals surface area (Å²) >= 11 is 5.92. The number of aromatic amines is 1. The van der Waals surface area contributed by atoms with Crippen LogP contribution in [0.5, 0.6) is 0 Å². The Morgan fingerprint density at radius 3 is 2.12 bits per heavy atom. The van der Waals surface area contributed by atoms with Gasteiger partial charge in [-0.25, -0.2) is 0 Å². The highest BCUT2D eigenvalue weighted by Crippen LogP contribution is 2.37. The molecule has 43 heavy (non-hydrogen) atoms. The summed E-state index contributed by atoms with van der Waals surface area (Å²) in [4.78, 5) is 32.8. The van der Waals surface area contributed by atoms with Crippen molar-refractivity contribution in [1.82, 2.24) is 14.8 Å². The van der Waals surface area contributed by atoms with Crippen molar-refractivity contribution in [2.75, 3.05) is 26.2 Å². The Bertz CT molecular complexity index is 1590. The summed E-state index contributed by atoms with van der Waals surface area (Å²) in [6, 6.07) is 14.1. The first-order valence-corrected chi connectivity index (χ1v) is 13.3. The minimum absolute atomic E-state index is 0. The predicted octanol–water partition coefficient (Wildman–Crippen LogP) is 7.53. The Balaban J connectivity index is 0.00000423. The summed E-state index contributed by atoms with van der Waals surface area (Å²) in [5, 5.41) is 1.35. The lowest BCUT2D eigenvalue weighted by atomic mass is 9.98. The van der Waals surface area contributed by atoms with Gasteiger partial charge in [0.2, 0.25) is 0 Å². The average Bonchev–Trinajstić information content (AvgIpc) is 3.34. The predicted molar refractivity (Wildman–Crippen MR) is 153 cm³/mol. The number of carbonyl (C=O) groups excluding carboxylic acids is 2. The molecule has 1 amide bonds. The number of fused-ring (bicyclic) bond motifs is 1. The van der Waals surface area contributed by atoms with E-state index in [1.165, 1.54) is 4.90 Å². The number of para-hydroxylation sites is 1. The summed E-state index contributed by atoms with van der Waals surface area (Å²) in [5.41, 5.74) is -1.72. The van der Waals surface area contributed by atoms with Gasteiger partial charge in [0, 0.05) is 58.9 Å². The van der Waals surface area contributed by atoms with E-state index in [9.17, 15) is 35.9 Å². The molecular formula is C30H25Cl2F6N3O2. The van der Waals surface area contributed by atoms with E-state index in [2.05, 4.69) is 4.98 Å². The summed E-state index contributed by atoms with van der Waals surface area (Å²) in [7, 11) is 0. The second-order valence-corrected chi connectivity index (χ2v) is 10.6. The molecule has 0 saturated carbocycles. The number of hydrogen-bond acceptors (Lipinski definition) is 3. The topological polar surface area (TPSA) is 56.4 Å². The number of alkyl halides is 6. The number of halogens is 8. The molecule has 3 aromatic carbocycles. The highest BCUT2D eigenvalue weighted by Gasteiger charge is 2.39. The van der Waals surface area contributed by atoms with Gasteiger partial charge in [-0.2, -0.15) is 26.3 Å². The lowest BCUT2D eigenvalue weighted by Gasteiger charge is -2.41. The first-order valence-electron chi connectivity index (χ1n) is 13.0. The molecule has 13 heteroatoms. The molecule has 0 aliphatic carbocycles. The van der Waals surface area contributed by atoms with Crippen molar-refractivity contribution < 1.29 is 35.9 Å². The Hall–Kier alpha value is -3.54. The first-order chi connectivity index (χ1) is 19.8. The van der Waals surface area contributed by atoms with Crippen LogP contribution in [0.1, 0.15) is 37.4 Å². The quantitative estimate of drug-likeness (QED) is 0.175. The minimum atomic E-state index is -5.08. The maximum atomic E-state index is 13.6. The minimum Gasteiger partial charge on any atom is -0.361 e. The number of nitrogens with zero attached hydrogens (tertiary/aromatic N) is 2. The molecule has 1 aromatic heterocycles. The molecule has 1 unspecified atom stereocenters. The lowest BCUT2D eigenvalue weighted by Crippen LogP contribution is -2.56. The molecule has 0 radical (unpaired) electrons. The van der Waals surface area contributed by atoms with E-state index in [-0.39, 0.29) is 56.9 Å².